The van der Waals surface area contributed by atoms with Crippen LogP contribution in [-0.2, 0) is 14.9 Å². The molecule has 1 saturated heterocycles. The third-order valence-corrected chi connectivity index (χ3v) is 5.79. The van der Waals surface area contributed by atoms with Crippen molar-refractivity contribution in [3.8, 4) is 5.75 Å². The van der Waals surface area contributed by atoms with Gasteiger partial charge in [0, 0.05) is 12.3 Å². The number of anilines is 1. The first kappa shape index (κ1) is 18.1. The maximum atomic E-state index is 13.2. The molecule has 27 heavy (non-hydrogen) atoms. The van der Waals surface area contributed by atoms with Crippen molar-refractivity contribution in [3.05, 3.63) is 60.2 Å². The van der Waals surface area contributed by atoms with Crippen LogP contribution >= 0.6 is 0 Å². The second-order valence-corrected chi connectivity index (χ2v) is 7.58. The molecule has 2 aromatic rings. The van der Waals surface area contributed by atoms with Crippen LogP contribution in [0.4, 0.5) is 5.69 Å². The first-order valence-electron chi connectivity index (χ1n) is 9.98. The average Bonchev–Trinajstić information content (AvgIpc) is 3.41. The fourth-order valence-corrected chi connectivity index (χ4v) is 4.23. The van der Waals surface area contributed by atoms with Gasteiger partial charge < -0.3 is 14.8 Å². The Hall–Kier alpha value is -2.33. The van der Waals surface area contributed by atoms with Crippen LogP contribution in [-0.4, -0.2) is 25.2 Å². The Morgan fingerprint density at radius 2 is 1.78 bits per heavy atom. The summed E-state index contributed by atoms with van der Waals surface area (Å²) in [5.41, 5.74) is 1.53. The van der Waals surface area contributed by atoms with Gasteiger partial charge in [-0.2, -0.15) is 0 Å². The molecule has 1 heterocycles. The molecular formula is C23H27NO3. The van der Waals surface area contributed by atoms with Crippen molar-refractivity contribution >= 4 is 11.6 Å². The molecule has 4 heteroatoms. The zero-order valence-corrected chi connectivity index (χ0v) is 15.7. The third-order valence-electron chi connectivity index (χ3n) is 5.79. The predicted octanol–water partition coefficient (Wildman–Crippen LogP) is 4.69. The molecule has 1 aliphatic heterocycles. The first-order valence-corrected chi connectivity index (χ1v) is 9.98. The van der Waals surface area contributed by atoms with Crippen LogP contribution in [0.3, 0.4) is 0 Å². The zero-order chi connectivity index (χ0) is 18.5. The van der Waals surface area contributed by atoms with Gasteiger partial charge in [-0.1, -0.05) is 43.2 Å². The number of rotatable bonds is 6. The summed E-state index contributed by atoms with van der Waals surface area (Å²) in [6, 6.07) is 17.8. The van der Waals surface area contributed by atoms with E-state index in [9.17, 15) is 4.79 Å². The van der Waals surface area contributed by atoms with E-state index in [1.165, 1.54) is 0 Å². The number of carbonyl (C=O) groups excluding carboxylic acids is 1. The number of hydrogen-bond donors (Lipinski definition) is 1. The van der Waals surface area contributed by atoms with Crippen LogP contribution in [0.1, 0.15) is 44.1 Å². The fraction of sp³-hybridized carbons (Fsp3) is 0.435. The smallest absolute Gasteiger partial charge is 0.235 e. The van der Waals surface area contributed by atoms with Gasteiger partial charge in [-0.3, -0.25) is 4.79 Å². The lowest BCUT2D eigenvalue weighted by atomic mass is 9.78. The Bertz CT molecular complexity index is 745. The fourth-order valence-electron chi connectivity index (χ4n) is 4.23. The van der Waals surface area contributed by atoms with E-state index in [2.05, 4.69) is 17.4 Å². The van der Waals surface area contributed by atoms with Crippen molar-refractivity contribution in [2.45, 2.75) is 50.0 Å². The van der Waals surface area contributed by atoms with E-state index in [0.717, 1.165) is 62.1 Å². The topological polar surface area (TPSA) is 47.6 Å². The highest BCUT2D eigenvalue weighted by atomic mass is 16.5. The normalized spacial score (nSPS) is 21.1. The Balaban J connectivity index is 1.41. The van der Waals surface area contributed by atoms with Gasteiger partial charge >= 0.3 is 0 Å². The molecule has 0 aromatic heterocycles. The van der Waals surface area contributed by atoms with E-state index in [-0.39, 0.29) is 12.0 Å². The molecule has 4 rings (SSSR count). The van der Waals surface area contributed by atoms with Gasteiger partial charge in [0.2, 0.25) is 5.91 Å². The summed E-state index contributed by atoms with van der Waals surface area (Å²) < 4.78 is 11.4. The Morgan fingerprint density at radius 3 is 2.44 bits per heavy atom. The number of ether oxygens (including phenoxy) is 2. The van der Waals surface area contributed by atoms with E-state index >= 15 is 0 Å². The molecule has 1 unspecified atom stereocenters. The number of nitrogens with one attached hydrogen (secondary N) is 1. The molecule has 0 radical (unpaired) electrons. The highest BCUT2D eigenvalue weighted by Crippen LogP contribution is 2.42. The van der Waals surface area contributed by atoms with Crippen LogP contribution in [0.2, 0.25) is 0 Å². The maximum Gasteiger partial charge on any atom is 0.235 e. The van der Waals surface area contributed by atoms with Crippen molar-refractivity contribution in [1.29, 1.82) is 0 Å². The average molecular weight is 365 g/mol. The van der Waals surface area contributed by atoms with E-state index in [1.807, 2.05) is 42.5 Å². The lowest BCUT2D eigenvalue weighted by Gasteiger charge is -2.28. The molecule has 1 amide bonds. The molecule has 4 nitrogen and oxygen atoms in total. The molecule has 2 fully saturated rings. The van der Waals surface area contributed by atoms with E-state index in [1.54, 1.807) is 0 Å². The van der Waals surface area contributed by atoms with Crippen LogP contribution in [0.5, 0.6) is 5.75 Å². The third kappa shape index (κ3) is 4.01. The highest BCUT2D eigenvalue weighted by Gasteiger charge is 2.42. The summed E-state index contributed by atoms with van der Waals surface area (Å²) in [6.07, 6.45) is 6.39. The monoisotopic (exact) mass is 365 g/mol. The van der Waals surface area contributed by atoms with Crippen LogP contribution in [0, 0.1) is 0 Å². The number of hydrogen-bond acceptors (Lipinski definition) is 3. The minimum atomic E-state index is -0.407. The molecule has 1 aliphatic carbocycles. The summed E-state index contributed by atoms with van der Waals surface area (Å²) in [7, 11) is 0. The van der Waals surface area contributed by atoms with E-state index in [4.69, 9.17) is 9.47 Å². The zero-order valence-electron chi connectivity index (χ0n) is 15.7. The lowest BCUT2D eigenvalue weighted by molar-refractivity contribution is -0.121. The number of carbonyl (C=O) groups is 1. The molecule has 0 bridgehead atoms. The van der Waals surface area contributed by atoms with Crippen LogP contribution in [0.25, 0.3) is 0 Å². The second-order valence-electron chi connectivity index (χ2n) is 7.58. The van der Waals surface area contributed by atoms with Gasteiger partial charge in [0.25, 0.3) is 0 Å². The van der Waals surface area contributed by atoms with Crippen LogP contribution in [0.15, 0.2) is 54.6 Å². The Morgan fingerprint density at radius 1 is 1.04 bits per heavy atom. The van der Waals surface area contributed by atoms with E-state index < -0.39 is 5.41 Å². The molecular weight excluding hydrogens is 338 g/mol. The summed E-state index contributed by atoms with van der Waals surface area (Å²) >= 11 is 0. The largest absolute Gasteiger partial charge is 0.491 e. The molecule has 2 aliphatic rings. The maximum absolute atomic E-state index is 13.2. The Labute approximate surface area is 160 Å². The number of benzene rings is 2. The van der Waals surface area contributed by atoms with Crippen molar-refractivity contribution in [2.75, 3.05) is 18.5 Å². The highest BCUT2D eigenvalue weighted by molar-refractivity contribution is 5.99. The number of amides is 1. The minimum Gasteiger partial charge on any atom is -0.491 e. The summed E-state index contributed by atoms with van der Waals surface area (Å²) in [5.74, 6) is 0.904. The van der Waals surface area contributed by atoms with Gasteiger partial charge in [0.1, 0.15) is 12.4 Å². The Kier molecular flexibility index (Phi) is 5.44. The molecule has 1 N–H and O–H groups in total. The lowest BCUT2D eigenvalue weighted by Crippen LogP contribution is -2.37. The van der Waals surface area contributed by atoms with Gasteiger partial charge in [0.15, 0.2) is 0 Å². The van der Waals surface area contributed by atoms with Gasteiger partial charge in [-0.05, 0) is 55.5 Å². The summed E-state index contributed by atoms with van der Waals surface area (Å²) in [6.45, 7) is 1.42. The quantitative estimate of drug-likeness (QED) is 0.807. The minimum absolute atomic E-state index is 0.0965. The predicted molar refractivity (Wildman–Crippen MR) is 106 cm³/mol. The first-order chi connectivity index (χ1) is 13.3. The molecule has 1 atom stereocenters. The van der Waals surface area contributed by atoms with Crippen molar-refractivity contribution < 1.29 is 14.3 Å². The van der Waals surface area contributed by atoms with Crippen molar-refractivity contribution in [1.82, 2.24) is 0 Å². The van der Waals surface area contributed by atoms with E-state index in [0.29, 0.717) is 6.61 Å². The van der Waals surface area contributed by atoms with Gasteiger partial charge in [0.05, 0.1) is 11.5 Å². The van der Waals surface area contributed by atoms with Crippen molar-refractivity contribution in [2.24, 2.45) is 0 Å². The summed E-state index contributed by atoms with van der Waals surface area (Å²) in [4.78, 5) is 13.2. The second kappa shape index (κ2) is 8.13. The standard InChI is InChI=1S/C23H27NO3/c25-22(23(14-4-5-15-23)18-7-2-1-3-8-18)24-19-10-12-20(13-11-19)27-17-21-9-6-16-26-21/h1-3,7-8,10-13,21H,4-6,9,14-17H2,(H,24,25). The molecule has 0 spiro atoms. The summed E-state index contributed by atoms with van der Waals surface area (Å²) in [5, 5.41) is 3.13. The molecule has 2 aromatic carbocycles. The van der Waals surface area contributed by atoms with Gasteiger partial charge in [-0.25, -0.2) is 0 Å². The van der Waals surface area contributed by atoms with Crippen molar-refractivity contribution in [3.63, 3.8) is 0 Å². The SMILES string of the molecule is O=C(Nc1ccc(OCC2CCCO2)cc1)C1(c2ccccc2)CCCC1. The molecule has 1 saturated carbocycles. The van der Waals surface area contributed by atoms with Gasteiger partial charge in [-0.15, -0.1) is 0 Å². The molecule has 142 valence electrons. The van der Waals surface area contributed by atoms with Crippen LogP contribution < -0.4 is 10.1 Å².